The second-order valence-electron chi connectivity index (χ2n) is 15.0. The molecule has 4 N–H and O–H groups in total. The van der Waals surface area contributed by atoms with E-state index in [1.807, 2.05) is 97.9 Å². The van der Waals surface area contributed by atoms with Crippen LogP contribution in [0.25, 0.3) is 0 Å². The number of sulfonamides is 1. The van der Waals surface area contributed by atoms with Gasteiger partial charge in [-0.3, -0.25) is 4.79 Å². The summed E-state index contributed by atoms with van der Waals surface area (Å²) >= 11 is 6.10. The highest BCUT2D eigenvalue weighted by Gasteiger charge is 2.37. The Labute approximate surface area is 339 Å². The van der Waals surface area contributed by atoms with Crippen LogP contribution in [0.2, 0.25) is 5.02 Å². The van der Waals surface area contributed by atoms with E-state index in [2.05, 4.69) is 14.9 Å². The quantitative estimate of drug-likeness (QED) is 0.0981. The number of aryl methyl sites for hydroxylation is 1. The molecule has 4 atom stereocenters. The van der Waals surface area contributed by atoms with E-state index >= 15 is 0 Å². The number of carbonyl (C=O) groups is 1. The fourth-order valence-electron chi connectivity index (χ4n) is 7.44. The summed E-state index contributed by atoms with van der Waals surface area (Å²) in [6, 6.07) is 37.0. The maximum Gasteiger partial charge on any atom is 0.242 e. The second-order valence-corrected chi connectivity index (χ2v) is 17.1. The number of nitrogens with one attached hydrogen (secondary N) is 2. The lowest BCUT2D eigenvalue weighted by Crippen LogP contribution is -2.46. The molecule has 7 rings (SSSR count). The van der Waals surface area contributed by atoms with Crippen molar-refractivity contribution >= 4 is 33.2 Å². The fourth-order valence-corrected chi connectivity index (χ4v) is 8.76. The van der Waals surface area contributed by atoms with Crippen molar-refractivity contribution in [1.82, 2.24) is 9.62 Å². The number of hydrogen-bond acceptors (Lipinski definition) is 8. The first kappa shape index (κ1) is 40.8. The average Bonchev–Trinajstić information content (AvgIpc) is 3.22. The smallest absolute Gasteiger partial charge is 0.242 e. The number of carbonyl (C=O) groups excluding carboxylic acids is 1. The summed E-state index contributed by atoms with van der Waals surface area (Å²) in [5, 5.41) is 24.6. The number of benzene rings is 5. The van der Waals surface area contributed by atoms with Gasteiger partial charge in [-0.2, -0.15) is 4.72 Å². The second kappa shape index (κ2) is 18.0. The predicted octanol–water partition coefficient (Wildman–Crippen LogP) is 7.20. The van der Waals surface area contributed by atoms with Crippen LogP contribution in [0.5, 0.6) is 0 Å². The highest BCUT2D eigenvalue weighted by atomic mass is 35.5. The van der Waals surface area contributed by atoms with E-state index in [0.717, 1.165) is 33.4 Å². The van der Waals surface area contributed by atoms with Crippen molar-refractivity contribution in [2.24, 2.45) is 0 Å². The minimum Gasteiger partial charge on any atom is -0.392 e. The maximum absolute atomic E-state index is 13.8. The molecule has 0 aromatic heterocycles. The van der Waals surface area contributed by atoms with Gasteiger partial charge in [-0.25, -0.2) is 8.42 Å². The molecule has 5 aromatic carbocycles. The molecular formula is C45H48ClN3O7S. The number of nitrogens with zero attached hydrogens (tertiary/aromatic N) is 1. The van der Waals surface area contributed by atoms with Crippen LogP contribution in [0.3, 0.4) is 0 Å². The van der Waals surface area contributed by atoms with Gasteiger partial charge in [0.2, 0.25) is 15.9 Å². The van der Waals surface area contributed by atoms with Crippen LogP contribution < -0.4 is 10.0 Å². The fraction of sp³-hybridized carbons (Fsp3) is 0.311. The summed E-state index contributed by atoms with van der Waals surface area (Å²) in [6.45, 7) is 3.87. The molecule has 2 fully saturated rings. The Morgan fingerprint density at radius 1 is 0.842 bits per heavy atom. The molecule has 57 heavy (non-hydrogen) atoms. The third-order valence-electron chi connectivity index (χ3n) is 10.8. The molecule has 298 valence electrons. The van der Waals surface area contributed by atoms with Crippen LogP contribution in [0.15, 0.2) is 132 Å². The van der Waals surface area contributed by atoms with Gasteiger partial charge in [0, 0.05) is 42.3 Å². The maximum atomic E-state index is 13.8. The molecule has 2 aliphatic heterocycles. The first-order valence-corrected chi connectivity index (χ1v) is 21.1. The Morgan fingerprint density at radius 2 is 1.49 bits per heavy atom. The first-order chi connectivity index (χ1) is 27.5. The van der Waals surface area contributed by atoms with Gasteiger partial charge in [-0.1, -0.05) is 108 Å². The molecule has 0 aliphatic carbocycles. The number of anilines is 1. The molecule has 2 aliphatic rings. The zero-order valence-corrected chi connectivity index (χ0v) is 33.3. The number of rotatable bonds is 13. The van der Waals surface area contributed by atoms with Gasteiger partial charge in [-0.05, 0) is 84.8 Å². The van der Waals surface area contributed by atoms with Gasteiger partial charge in [0.15, 0.2) is 6.29 Å². The molecule has 0 bridgehead atoms. The zero-order chi connectivity index (χ0) is 40.0. The van der Waals surface area contributed by atoms with Gasteiger partial charge in [0.05, 0.1) is 29.3 Å². The topological polar surface area (TPSA) is 137 Å². The van der Waals surface area contributed by atoms with Crippen molar-refractivity contribution in [1.29, 1.82) is 0 Å². The normalized spacial score (nSPS) is 20.5. The SMILES string of the molecule is Cc1ccc(S(=O)(=O)N[C@H](Cc2ccccc2)C(=O)Nc2ccc([C@@H]3O[C@H](CN4CCC(O)(c5ccc(Cl)cc5)CC4)C[C@H](c4ccc(CO)cc4)O3)cc2)cc1. The Kier molecular flexibility index (Phi) is 12.9. The lowest BCUT2D eigenvalue weighted by Gasteiger charge is -2.42. The number of ether oxygens (including phenoxy) is 2. The summed E-state index contributed by atoms with van der Waals surface area (Å²) in [5.41, 5.74) is 4.72. The van der Waals surface area contributed by atoms with E-state index in [9.17, 15) is 23.4 Å². The molecule has 1 amide bonds. The molecule has 2 heterocycles. The van der Waals surface area contributed by atoms with Crippen LogP contribution in [-0.4, -0.2) is 61.2 Å². The van der Waals surface area contributed by atoms with Gasteiger partial charge in [0.25, 0.3) is 0 Å². The molecule has 0 unspecified atom stereocenters. The van der Waals surface area contributed by atoms with Crippen LogP contribution in [-0.2, 0) is 42.9 Å². The Hall–Kier alpha value is -4.43. The molecule has 12 heteroatoms. The predicted molar refractivity (Wildman–Crippen MR) is 220 cm³/mol. The summed E-state index contributed by atoms with van der Waals surface area (Å²) in [4.78, 5) is 16.2. The lowest BCUT2D eigenvalue weighted by atomic mass is 9.84. The molecule has 0 spiro atoms. The third-order valence-corrected chi connectivity index (χ3v) is 12.6. The van der Waals surface area contributed by atoms with Crippen molar-refractivity contribution in [2.75, 3.05) is 25.0 Å². The van der Waals surface area contributed by atoms with E-state index < -0.39 is 33.9 Å². The van der Waals surface area contributed by atoms with Gasteiger partial charge in [0.1, 0.15) is 6.04 Å². The van der Waals surface area contributed by atoms with Crippen molar-refractivity contribution < 1.29 is 32.9 Å². The average molecular weight is 810 g/mol. The molecule has 0 radical (unpaired) electrons. The lowest BCUT2D eigenvalue weighted by molar-refractivity contribution is -0.253. The number of amides is 1. The van der Waals surface area contributed by atoms with Crippen molar-refractivity contribution in [3.05, 3.63) is 166 Å². The van der Waals surface area contributed by atoms with Gasteiger partial charge >= 0.3 is 0 Å². The van der Waals surface area contributed by atoms with Crippen molar-refractivity contribution in [3.63, 3.8) is 0 Å². The van der Waals surface area contributed by atoms with Crippen LogP contribution in [0.4, 0.5) is 5.69 Å². The van der Waals surface area contributed by atoms with E-state index in [1.165, 1.54) is 12.1 Å². The summed E-state index contributed by atoms with van der Waals surface area (Å²) in [5.74, 6) is -0.497. The minimum atomic E-state index is -4.00. The van der Waals surface area contributed by atoms with Crippen molar-refractivity contribution in [2.45, 2.75) is 74.3 Å². The Morgan fingerprint density at radius 3 is 2.14 bits per heavy atom. The number of hydrogen-bond donors (Lipinski definition) is 4. The minimum absolute atomic E-state index is 0.0496. The van der Waals surface area contributed by atoms with Gasteiger partial charge < -0.3 is 29.9 Å². The molecular weight excluding hydrogens is 762 g/mol. The molecule has 2 saturated heterocycles. The number of aliphatic hydroxyl groups is 2. The zero-order valence-electron chi connectivity index (χ0n) is 31.8. The van der Waals surface area contributed by atoms with Crippen LogP contribution in [0.1, 0.15) is 65.0 Å². The molecule has 5 aromatic rings. The van der Waals surface area contributed by atoms with E-state index in [4.69, 9.17) is 21.1 Å². The highest BCUT2D eigenvalue weighted by molar-refractivity contribution is 7.89. The molecule has 0 saturated carbocycles. The highest BCUT2D eigenvalue weighted by Crippen LogP contribution is 2.40. The van der Waals surface area contributed by atoms with E-state index in [0.29, 0.717) is 49.6 Å². The van der Waals surface area contributed by atoms with Crippen LogP contribution in [0, 0.1) is 6.92 Å². The first-order valence-electron chi connectivity index (χ1n) is 19.2. The standard InChI is InChI=1S/C45H48ClN3O7S/c1-31-7-21-40(22-8-31)57(53,54)48-41(27-32-5-3-2-4-6-32)43(51)47-38-19-13-35(14-20-38)44-55-39(28-42(56-44)34-11-9-33(30-50)10-12-34)29-49-25-23-45(52,24-26-49)36-15-17-37(46)18-16-36/h2-22,39,41-42,44,48,50,52H,23-30H2,1H3,(H,47,51)/t39-,41+,42+,44+/m0/s1. The Balaban J connectivity index is 1.05. The molecule has 10 nitrogen and oxygen atoms in total. The third kappa shape index (κ3) is 10.4. The number of halogens is 1. The van der Waals surface area contributed by atoms with E-state index in [1.54, 1.807) is 24.3 Å². The van der Waals surface area contributed by atoms with Crippen LogP contribution >= 0.6 is 11.6 Å². The number of aliphatic hydroxyl groups excluding tert-OH is 1. The van der Waals surface area contributed by atoms with Crippen molar-refractivity contribution in [3.8, 4) is 0 Å². The summed E-state index contributed by atoms with van der Waals surface area (Å²) in [6.07, 6.45) is 0.755. The number of piperidine rings is 1. The van der Waals surface area contributed by atoms with E-state index in [-0.39, 0.29) is 30.1 Å². The van der Waals surface area contributed by atoms with Gasteiger partial charge in [-0.15, -0.1) is 0 Å². The largest absolute Gasteiger partial charge is 0.392 e. The monoisotopic (exact) mass is 809 g/mol. The number of likely N-dealkylation sites (tertiary alicyclic amines) is 1. The summed E-state index contributed by atoms with van der Waals surface area (Å²) < 4.78 is 42.6. The Bertz CT molecular complexity index is 2200. The summed E-state index contributed by atoms with van der Waals surface area (Å²) in [7, 11) is -4.00.